The van der Waals surface area contributed by atoms with Gasteiger partial charge >= 0.3 is 0 Å². The Morgan fingerprint density at radius 2 is 1.75 bits per heavy atom. The summed E-state index contributed by atoms with van der Waals surface area (Å²) >= 11 is 1.30. The van der Waals surface area contributed by atoms with E-state index in [4.69, 9.17) is 0 Å². The van der Waals surface area contributed by atoms with E-state index in [0.717, 1.165) is 23.0 Å². The molecule has 2 aromatic carbocycles. The fourth-order valence-corrected chi connectivity index (χ4v) is 3.16. The van der Waals surface area contributed by atoms with E-state index >= 15 is 0 Å². The summed E-state index contributed by atoms with van der Waals surface area (Å²) in [5, 5.41) is 12.0. The van der Waals surface area contributed by atoms with E-state index in [9.17, 15) is 9.59 Å². The SMILES string of the molecule is Cc1cc(-c2nnc(NC(=O)c3ccccc3)s2)cc(C)c1C=O. The quantitative estimate of drug-likeness (QED) is 0.733. The van der Waals surface area contributed by atoms with Crippen LogP contribution in [0, 0.1) is 13.8 Å². The third-order valence-electron chi connectivity index (χ3n) is 3.64. The van der Waals surface area contributed by atoms with Crippen LogP contribution in [0.5, 0.6) is 0 Å². The number of carbonyl (C=O) groups is 2. The molecule has 0 bridgehead atoms. The van der Waals surface area contributed by atoms with E-state index in [1.165, 1.54) is 11.3 Å². The number of nitrogens with zero attached hydrogens (tertiary/aromatic N) is 2. The number of anilines is 1. The first-order valence-electron chi connectivity index (χ1n) is 7.35. The summed E-state index contributed by atoms with van der Waals surface area (Å²) < 4.78 is 0. The number of rotatable bonds is 4. The molecule has 120 valence electrons. The number of aryl methyl sites for hydroxylation is 2. The maximum atomic E-state index is 12.1. The van der Waals surface area contributed by atoms with Crippen molar-refractivity contribution in [2.75, 3.05) is 5.32 Å². The van der Waals surface area contributed by atoms with Crippen LogP contribution in [0.1, 0.15) is 31.8 Å². The molecule has 1 aromatic heterocycles. The molecule has 1 N–H and O–H groups in total. The maximum Gasteiger partial charge on any atom is 0.257 e. The lowest BCUT2D eigenvalue weighted by atomic mass is 10.0. The highest BCUT2D eigenvalue weighted by Gasteiger charge is 2.13. The Labute approximate surface area is 143 Å². The minimum atomic E-state index is -0.220. The molecule has 0 saturated carbocycles. The van der Waals surface area contributed by atoms with Gasteiger partial charge in [0.05, 0.1) is 0 Å². The Morgan fingerprint density at radius 1 is 1.08 bits per heavy atom. The molecule has 0 unspecified atom stereocenters. The van der Waals surface area contributed by atoms with E-state index in [2.05, 4.69) is 15.5 Å². The summed E-state index contributed by atoms with van der Waals surface area (Å²) in [6.07, 6.45) is 0.861. The molecule has 24 heavy (non-hydrogen) atoms. The zero-order valence-corrected chi connectivity index (χ0v) is 14.1. The lowest BCUT2D eigenvalue weighted by molar-refractivity contribution is 0.102. The minimum Gasteiger partial charge on any atom is -0.298 e. The molecule has 1 amide bonds. The Balaban J connectivity index is 1.84. The zero-order valence-electron chi connectivity index (χ0n) is 13.2. The molecule has 6 heteroatoms. The molecular weight excluding hydrogens is 322 g/mol. The molecule has 0 atom stereocenters. The number of amides is 1. The molecule has 0 aliphatic heterocycles. The van der Waals surface area contributed by atoms with Crippen LogP contribution in [0.3, 0.4) is 0 Å². The standard InChI is InChI=1S/C18H15N3O2S/c1-11-8-14(9-12(2)15(11)10-22)17-20-21-18(24-17)19-16(23)13-6-4-3-5-7-13/h3-10H,1-2H3,(H,19,21,23). The average molecular weight is 337 g/mol. The second-order valence-electron chi connectivity index (χ2n) is 5.37. The van der Waals surface area contributed by atoms with Crippen LogP contribution in [0.15, 0.2) is 42.5 Å². The van der Waals surface area contributed by atoms with E-state index in [1.54, 1.807) is 24.3 Å². The zero-order chi connectivity index (χ0) is 17.1. The molecule has 3 aromatic rings. The summed E-state index contributed by atoms with van der Waals surface area (Å²) in [4.78, 5) is 23.2. The Morgan fingerprint density at radius 3 is 2.38 bits per heavy atom. The molecule has 1 heterocycles. The highest BCUT2D eigenvalue weighted by molar-refractivity contribution is 7.18. The van der Waals surface area contributed by atoms with Crippen molar-refractivity contribution in [2.24, 2.45) is 0 Å². The van der Waals surface area contributed by atoms with E-state index in [1.807, 2.05) is 32.0 Å². The number of nitrogens with one attached hydrogen (secondary N) is 1. The highest BCUT2D eigenvalue weighted by atomic mass is 32.1. The first-order chi connectivity index (χ1) is 11.6. The summed E-state index contributed by atoms with van der Waals surface area (Å²) in [6.45, 7) is 3.78. The van der Waals surface area contributed by atoms with Crippen LogP contribution in [0.25, 0.3) is 10.6 Å². The fourth-order valence-electron chi connectivity index (χ4n) is 2.43. The molecule has 3 rings (SSSR count). The number of aldehydes is 1. The van der Waals surface area contributed by atoms with Gasteiger partial charge in [-0.25, -0.2) is 0 Å². The number of hydrogen-bond donors (Lipinski definition) is 1. The third-order valence-corrected chi connectivity index (χ3v) is 4.53. The van der Waals surface area contributed by atoms with Gasteiger partial charge in [-0.3, -0.25) is 14.9 Å². The van der Waals surface area contributed by atoms with Gasteiger partial charge in [0.1, 0.15) is 5.01 Å². The number of hydrogen-bond acceptors (Lipinski definition) is 5. The molecule has 0 aliphatic carbocycles. The third kappa shape index (κ3) is 3.23. The van der Waals surface area contributed by atoms with Crippen LogP contribution in [0.4, 0.5) is 5.13 Å². The first-order valence-corrected chi connectivity index (χ1v) is 8.17. The van der Waals surface area contributed by atoms with Crippen LogP contribution in [-0.2, 0) is 0 Å². The number of aromatic nitrogens is 2. The van der Waals surface area contributed by atoms with Crippen molar-refractivity contribution in [3.8, 4) is 10.6 Å². The molecular formula is C18H15N3O2S. The van der Waals surface area contributed by atoms with Gasteiger partial charge in [-0.15, -0.1) is 10.2 Å². The normalized spacial score (nSPS) is 10.4. The largest absolute Gasteiger partial charge is 0.298 e. The summed E-state index contributed by atoms with van der Waals surface area (Å²) in [5.41, 5.74) is 3.93. The van der Waals surface area contributed by atoms with Gasteiger partial charge < -0.3 is 0 Å². The predicted molar refractivity (Wildman–Crippen MR) is 94.6 cm³/mol. The van der Waals surface area contributed by atoms with Crippen molar-refractivity contribution in [3.63, 3.8) is 0 Å². The lowest BCUT2D eigenvalue weighted by Gasteiger charge is -2.05. The monoisotopic (exact) mass is 337 g/mol. The Kier molecular flexibility index (Phi) is 4.48. The molecule has 0 fully saturated rings. The van der Waals surface area contributed by atoms with Gasteiger partial charge in [-0.05, 0) is 49.2 Å². The van der Waals surface area contributed by atoms with Gasteiger partial charge in [0.25, 0.3) is 5.91 Å². The van der Waals surface area contributed by atoms with E-state index in [0.29, 0.717) is 21.3 Å². The smallest absolute Gasteiger partial charge is 0.257 e. The van der Waals surface area contributed by atoms with Gasteiger partial charge in [0.15, 0.2) is 6.29 Å². The Bertz CT molecular complexity index is 881. The Hall–Kier alpha value is -2.86. The van der Waals surface area contributed by atoms with Crippen molar-refractivity contribution in [2.45, 2.75) is 13.8 Å². The second-order valence-corrected chi connectivity index (χ2v) is 6.35. The first kappa shape index (κ1) is 16.0. The molecule has 0 radical (unpaired) electrons. The highest BCUT2D eigenvalue weighted by Crippen LogP contribution is 2.29. The van der Waals surface area contributed by atoms with E-state index < -0.39 is 0 Å². The second kappa shape index (κ2) is 6.72. The predicted octanol–water partition coefficient (Wildman–Crippen LogP) is 3.89. The topological polar surface area (TPSA) is 72.0 Å². The average Bonchev–Trinajstić information content (AvgIpc) is 3.04. The van der Waals surface area contributed by atoms with Crippen molar-refractivity contribution >= 4 is 28.7 Å². The number of carbonyl (C=O) groups excluding carboxylic acids is 2. The summed E-state index contributed by atoms with van der Waals surface area (Å²) in [7, 11) is 0. The van der Waals surface area contributed by atoms with Gasteiger partial charge in [-0.1, -0.05) is 29.5 Å². The van der Waals surface area contributed by atoms with Crippen LogP contribution in [0.2, 0.25) is 0 Å². The summed E-state index contributed by atoms with van der Waals surface area (Å²) in [5.74, 6) is -0.220. The van der Waals surface area contributed by atoms with Gasteiger partial charge in [0.2, 0.25) is 5.13 Å². The van der Waals surface area contributed by atoms with Crippen molar-refractivity contribution in [1.29, 1.82) is 0 Å². The van der Waals surface area contributed by atoms with Gasteiger partial charge in [0, 0.05) is 16.7 Å². The minimum absolute atomic E-state index is 0.220. The van der Waals surface area contributed by atoms with Crippen molar-refractivity contribution in [3.05, 3.63) is 64.7 Å². The van der Waals surface area contributed by atoms with Gasteiger partial charge in [-0.2, -0.15) is 0 Å². The van der Waals surface area contributed by atoms with Crippen molar-refractivity contribution in [1.82, 2.24) is 10.2 Å². The lowest BCUT2D eigenvalue weighted by Crippen LogP contribution is -2.11. The molecule has 0 saturated heterocycles. The number of benzene rings is 2. The molecule has 0 aliphatic rings. The van der Waals surface area contributed by atoms with Crippen LogP contribution < -0.4 is 5.32 Å². The fraction of sp³-hybridized carbons (Fsp3) is 0.111. The van der Waals surface area contributed by atoms with Crippen LogP contribution >= 0.6 is 11.3 Å². The van der Waals surface area contributed by atoms with Crippen LogP contribution in [-0.4, -0.2) is 22.4 Å². The van der Waals surface area contributed by atoms with Crippen molar-refractivity contribution < 1.29 is 9.59 Å². The maximum absolute atomic E-state index is 12.1. The molecule has 5 nitrogen and oxygen atoms in total. The molecule has 0 spiro atoms. The summed E-state index contributed by atoms with van der Waals surface area (Å²) in [6, 6.07) is 12.7. The van der Waals surface area contributed by atoms with E-state index in [-0.39, 0.29) is 5.91 Å².